The first-order valence-electron chi connectivity index (χ1n) is 11.6. The molecule has 7 nitrogen and oxygen atoms in total. The zero-order valence-corrected chi connectivity index (χ0v) is 18.8. The normalized spacial score (nSPS) is 17.1. The van der Waals surface area contributed by atoms with Crippen LogP contribution in [0.25, 0.3) is 0 Å². The van der Waals surface area contributed by atoms with E-state index < -0.39 is 5.56 Å². The largest absolute Gasteiger partial charge is 0.481 e. The number of carbonyl (C=O) groups is 1. The molecule has 0 bridgehead atoms. The van der Waals surface area contributed by atoms with Crippen LogP contribution in [0.4, 0.5) is 0 Å². The van der Waals surface area contributed by atoms with Crippen molar-refractivity contribution in [3.05, 3.63) is 87.9 Å². The minimum absolute atomic E-state index is 0.0327. The van der Waals surface area contributed by atoms with E-state index in [2.05, 4.69) is 9.97 Å². The van der Waals surface area contributed by atoms with Gasteiger partial charge < -0.3 is 14.2 Å². The summed E-state index contributed by atoms with van der Waals surface area (Å²) < 4.78 is 7.87. The second-order valence-electron chi connectivity index (χ2n) is 8.88. The lowest BCUT2D eigenvalue weighted by molar-refractivity contribution is 0.0734. The van der Waals surface area contributed by atoms with Crippen molar-refractivity contribution in [2.45, 2.75) is 44.8 Å². The van der Waals surface area contributed by atoms with Crippen molar-refractivity contribution in [3.8, 4) is 5.75 Å². The van der Waals surface area contributed by atoms with Crippen LogP contribution in [0.5, 0.6) is 5.75 Å². The van der Waals surface area contributed by atoms with Crippen LogP contribution in [-0.2, 0) is 13.2 Å². The molecule has 1 amide bonds. The number of amides is 1. The van der Waals surface area contributed by atoms with E-state index in [9.17, 15) is 9.59 Å². The summed E-state index contributed by atoms with van der Waals surface area (Å²) in [6.45, 7) is 1.33. The summed E-state index contributed by atoms with van der Waals surface area (Å²) in [5, 5.41) is 0. The SMILES string of the molecule is CN1CCn2c(C(c3ccccn3)C3CCCC3)nc(=O)c(OCc3ccccc3)c2C1=O. The second-order valence-corrected chi connectivity index (χ2v) is 8.88. The summed E-state index contributed by atoms with van der Waals surface area (Å²) in [4.78, 5) is 37.4. The first kappa shape index (κ1) is 21.4. The van der Waals surface area contributed by atoms with Crippen LogP contribution in [0, 0.1) is 5.92 Å². The van der Waals surface area contributed by atoms with E-state index >= 15 is 0 Å². The monoisotopic (exact) mass is 444 g/mol. The number of likely N-dealkylation sites (N-methyl/N-ethyl adjacent to an activating group) is 1. The topological polar surface area (TPSA) is 77.3 Å². The Hall–Kier alpha value is -3.48. The molecule has 1 saturated carbocycles. The highest BCUT2D eigenvalue weighted by molar-refractivity contribution is 5.95. The maximum atomic E-state index is 13.3. The molecule has 0 saturated heterocycles. The Bertz CT molecular complexity index is 1190. The molecule has 0 spiro atoms. The van der Waals surface area contributed by atoms with Gasteiger partial charge in [0.25, 0.3) is 5.91 Å². The predicted octanol–water partition coefficient (Wildman–Crippen LogP) is 3.63. The number of hydrogen-bond donors (Lipinski definition) is 0. The molecule has 1 fully saturated rings. The molecule has 3 heterocycles. The maximum absolute atomic E-state index is 13.3. The number of aromatic nitrogens is 3. The minimum Gasteiger partial charge on any atom is -0.481 e. The van der Waals surface area contributed by atoms with E-state index in [1.807, 2.05) is 53.1 Å². The summed E-state index contributed by atoms with van der Waals surface area (Å²) in [6, 6.07) is 15.5. The average Bonchev–Trinajstić information content (AvgIpc) is 3.37. The van der Waals surface area contributed by atoms with Gasteiger partial charge in [-0.15, -0.1) is 0 Å². The fraction of sp³-hybridized carbons (Fsp3) is 0.385. The highest BCUT2D eigenvalue weighted by atomic mass is 16.5. The van der Waals surface area contributed by atoms with Gasteiger partial charge in [0.2, 0.25) is 5.75 Å². The van der Waals surface area contributed by atoms with Gasteiger partial charge in [-0.25, -0.2) is 0 Å². The molecule has 1 aliphatic carbocycles. The Balaban J connectivity index is 1.63. The van der Waals surface area contributed by atoms with Gasteiger partial charge in [-0.3, -0.25) is 14.6 Å². The van der Waals surface area contributed by atoms with Crippen molar-refractivity contribution in [2.75, 3.05) is 13.6 Å². The van der Waals surface area contributed by atoms with Crippen LogP contribution in [0.3, 0.4) is 0 Å². The van der Waals surface area contributed by atoms with Crippen LogP contribution in [-0.4, -0.2) is 38.9 Å². The van der Waals surface area contributed by atoms with E-state index in [1.165, 1.54) is 0 Å². The molecule has 2 aliphatic rings. The van der Waals surface area contributed by atoms with Crippen molar-refractivity contribution in [2.24, 2.45) is 5.92 Å². The van der Waals surface area contributed by atoms with Crippen LogP contribution < -0.4 is 10.3 Å². The van der Waals surface area contributed by atoms with E-state index in [4.69, 9.17) is 4.74 Å². The molecular formula is C26H28N4O3. The zero-order chi connectivity index (χ0) is 22.8. The molecule has 7 heteroatoms. The number of carbonyl (C=O) groups excluding carboxylic acids is 1. The summed E-state index contributed by atoms with van der Waals surface area (Å²) in [7, 11) is 1.75. The summed E-state index contributed by atoms with van der Waals surface area (Å²) in [5.41, 5.74) is 1.63. The van der Waals surface area contributed by atoms with Crippen molar-refractivity contribution in [3.63, 3.8) is 0 Å². The van der Waals surface area contributed by atoms with Gasteiger partial charge in [0.1, 0.15) is 12.4 Å². The van der Waals surface area contributed by atoms with Gasteiger partial charge in [0.05, 0.1) is 11.6 Å². The van der Waals surface area contributed by atoms with Crippen molar-refractivity contribution in [1.29, 1.82) is 0 Å². The number of fused-ring (bicyclic) bond motifs is 1. The Kier molecular flexibility index (Phi) is 5.94. The van der Waals surface area contributed by atoms with Crippen LogP contribution in [0.2, 0.25) is 0 Å². The molecule has 0 radical (unpaired) electrons. The molecule has 170 valence electrons. The Labute approximate surface area is 193 Å². The quantitative estimate of drug-likeness (QED) is 0.580. The number of nitrogens with zero attached hydrogens (tertiary/aromatic N) is 4. The molecule has 1 aromatic carbocycles. The molecular weight excluding hydrogens is 416 g/mol. The molecule has 1 unspecified atom stereocenters. The van der Waals surface area contributed by atoms with Crippen LogP contribution >= 0.6 is 0 Å². The maximum Gasteiger partial charge on any atom is 0.316 e. The van der Waals surface area contributed by atoms with E-state index in [-0.39, 0.29) is 24.2 Å². The standard InChI is InChI=1S/C26H28N4O3/c1-29-15-16-30-22(26(29)32)23(33-17-18-9-3-2-4-10-18)25(31)28-24(30)21(19-11-5-6-12-19)20-13-7-8-14-27-20/h2-4,7-10,13-14,19,21H,5-6,11-12,15-17H2,1H3. The molecule has 1 aliphatic heterocycles. The number of ether oxygens (including phenoxy) is 1. The second kappa shape index (κ2) is 9.17. The first-order valence-corrected chi connectivity index (χ1v) is 11.6. The summed E-state index contributed by atoms with van der Waals surface area (Å²) in [5.74, 6) is 0.671. The van der Waals surface area contributed by atoms with E-state index in [0.717, 1.165) is 36.9 Å². The lowest BCUT2D eigenvalue weighted by Gasteiger charge is -2.32. The molecule has 0 N–H and O–H groups in total. The van der Waals surface area contributed by atoms with Crippen molar-refractivity contribution >= 4 is 5.91 Å². The van der Waals surface area contributed by atoms with E-state index in [1.54, 1.807) is 18.1 Å². The fourth-order valence-corrected chi connectivity index (χ4v) is 5.06. The molecule has 1 atom stereocenters. The average molecular weight is 445 g/mol. The Morgan fingerprint density at radius 3 is 2.52 bits per heavy atom. The Morgan fingerprint density at radius 2 is 1.79 bits per heavy atom. The molecule has 5 rings (SSSR count). The van der Waals surface area contributed by atoms with Crippen LogP contribution in [0.1, 0.15) is 59.2 Å². The van der Waals surface area contributed by atoms with Gasteiger partial charge in [0, 0.05) is 26.3 Å². The summed E-state index contributed by atoms with van der Waals surface area (Å²) >= 11 is 0. The number of hydrogen-bond acceptors (Lipinski definition) is 5. The third kappa shape index (κ3) is 4.15. The third-order valence-corrected chi connectivity index (χ3v) is 6.76. The smallest absolute Gasteiger partial charge is 0.316 e. The third-order valence-electron chi connectivity index (χ3n) is 6.76. The zero-order valence-electron chi connectivity index (χ0n) is 18.8. The van der Waals surface area contributed by atoms with E-state index in [0.29, 0.717) is 30.5 Å². The lowest BCUT2D eigenvalue weighted by atomic mass is 9.86. The lowest BCUT2D eigenvalue weighted by Crippen LogP contribution is -2.42. The number of pyridine rings is 1. The number of rotatable bonds is 6. The molecule has 2 aromatic heterocycles. The fourth-order valence-electron chi connectivity index (χ4n) is 5.06. The van der Waals surface area contributed by atoms with Gasteiger partial charge in [-0.2, -0.15) is 4.98 Å². The first-order chi connectivity index (χ1) is 16.1. The highest BCUT2D eigenvalue weighted by Crippen LogP contribution is 2.41. The van der Waals surface area contributed by atoms with Crippen LogP contribution in [0.15, 0.2) is 59.5 Å². The van der Waals surface area contributed by atoms with Gasteiger partial charge >= 0.3 is 5.56 Å². The summed E-state index contributed by atoms with van der Waals surface area (Å²) in [6.07, 6.45) is 6.22. The van der Waals surface area contributed by atoms with Gasteiger partial charge in [-0.05, 0) is 36.5 Å². The van der Waals surface area contributed by atoms with Crippen molar-refractivity contribution < 1.29 is 9.53 Å². The molecule has 33 heavy (non-hydrogen) atoms. The predicted molar refractivity (Wildman–Crippen MR) is 124 cm³/mol. The number of benzene rings is 1. The highest BCUT2D eigenvalue weighted by Gasteiger charge is 2.37. The minimum atomic E-state index is -0.491. The van der Waals surface area contributed by atoms with Gasteiger partial charge in [0.15, 0.2) is 5.69 Å². The Morgan fingerprint density at radius 1 is 1.03 bits per heavy atom. The van der Waals surface area contributed by atoms with Gasteiger partial charge in [-0.1, -0.05) is 49.2 Å². The molecule has 3 aromatic rings. The van der Waals surface area contributed by atoms with Crippen molar-refractivity contribution in [1.82, 2.24) is 19.4 Å².